The van der Waals surface area contributed by atoms with Gasteiger partial charge in [-0.2, -0.15) is 0 Å². The molecule has 0 fully saturated rings. The summed E-state index contributed by atoms with van der Waals surface area (Å²) in [6.07, 6.45) is -0.361. The molecule has 38 heavy (non-hydrogen) atoms. The first kappa shape index (κ1) is 28.8. The molecule has 0 saturated carbocycles. The summed E-state index contributed by atoms with van der Waals surface area (Å²) in [6.45, 7) is 6.98. The minimum atomic E-state index is -2.86. The van der Waals surface area contributed by atoms with E-state index in [0.29, 0.717) is 22.6 Å². The molecule has 2 unspecified atom stereocenters. The van der Waals surface area contributed by atoms with E-state index in [1.807, 2.05) is 0 Å². The third kappa shape index (κ3) is 6.76. The topological polar surface area (TPSA) is 143 Å². The monoisotopic (exact) mass is 547 g/mol. The Morgan fingerprint density at radius 3 is 2.32 bits per heavy atom. The fourth-order valence-corrected chi connectivity index (χ4v) is 4.01. The van der Waals surface area contributed by atoms with Gasteiger partial charge in [0.1, 0.15) is 11.9 Å². The first-order chi connectivity index (χ1) is 17.7. The van der Waals surface area contributed by atoms with Crippen LogP contribution in [0.1, 0.15) is 50.5 Å². The first-order valence-corrected chi connectivity index (χ1v) is 12.2. The number of carboxylic acid groups (broad SMARTS) is 2. The maximum absolute atomic E-state index is 13.1. The van der Waals surface area contributed by atoms with Gasteiger partial charge in [0.05, 0.1) is 12.6 Å². The van der Waals surface area contributed by atoms with Gasteiger partial charge in [0, 0.05) is 16.6 Å². The number of aliphatic carboxylic acids is 2. The number of benzene rings is 2. The van der Waals surface area contributed by atoms with E-state index in [-0.39, 0.29) is 12.3 Å². The normalized spacial score (nSPS) is 15.9. The van der Waals surface area contributed by atoms with E-state index in [4.69, 9.17) is 25.8 Å². The van der Waals surface area contributed by atoms with Crippen LogP contribution in [0.25, 0.3) is 5.76 Å². The highest BCUT2D eigenvalue weighted by Gasteiger charge is 2.56. The van der Waals surface area contributed by atoms with Crippen molar-refractivity contribution >= 4 is 35.4 Å². The van der Waals surface area contributed by atoms with Gasteiger partial charge in [-0.05, 0) is 63.4 Å². The number of carbonyl (C=O) groups excluding carboxylic acids is 1. The maximum atomic E-state index is 13.1. The highest BCUT2D eigenvalue weighted by atomic mass is 35.5. The van der Waals surface area contributed by atoms with Crippen LogP contribution >= 0.6 is 11.6 Å². The van der Waals surface area contributed by atoms with Crippen molar-refractivity contribution in [1.29, 1.82) is 0 Å². The molecule has 1 heterocycles. The van der Waals surface area contributed by atoms with Crippen LogP contribution in [-0.4, -0.2) is 62.2 Å². The molecule has 2 aromatic rings. The van der Waals surface area contributed by atoms with E-state index in [9.17, 15) is 29.7 Å². The Morgan fingerprint density at radius 2 is 1.74 bits per heavy atom. The largest absolute Gasteiger partial charge is 0.475 e. The van der Waals surface area contributed by atoms with Crippen LogP contribution in [0.3, 0.4) is 0 Å². The molecule has 3 N–H and O–H groups in total. The quantitative estimate of drug-likeness (QED) is 0.388. The highest BCUT2D eigenvalue weighted by Crippen LogP contribution is 2.33. The minimum Gasteiger partial charge on any atom is -0.475 e. The van der Waals surface area contributed by atoms with Crippen LogP contribution in [0.15, 0.2) is 54.8 Å². The number of rotatable bonds is 9. The lowest BCUT2D eigenvalue weighted by atomic mass is 10.0. The standard InChI is InChI=1S/C27H30ClNO9/c1-16(29(25(35)38-26(2,3)4)14-21(30)18-8-6-10-20(28)13-18)11-17-7-5-9-19(12-17)22-15-36-27(37-22,23(31)32)24(33)34/h5-10,12-13,15-16,21,30H,11,14H2,1-4H3,(H,31,32)(H,33,34). The first-order valence-electron chi connectivity index (χ1n) is 11.8. The van der Waals surface area contributed by atoms with E-state index in [1.165, 1.54) is 4.90 Å². The van der Waals surface area contributed by atoms with Crippen LogP contribution in [0.2, 0.25) is 5.02 Å². The number of nitrogens with zero attached hydrogens (tertiary/aromatic N) is 1. The second-order valence-electron chi connectivity index (χ2n) is 9.89. The van der Waals surface area contributed by atoms with Gasteiger partial charge >= 0.3 is 23.8 Å². The third-order valence-electron chi connectivity index (χ3n) is 5.65. The lowest BCUT2D eigenvalue weighted by Crippen LogP contribution is -2.47. The number of carbonyl (C=O) groups is 3. The van der Waals surface area contributed by atoms with Crippen molar-refractivity contribution < 1.29 is 43.9 Å². The average molecular weight is 548 g/mol. The molecule has 0 aromatic heterocycles. The zero-order chi connectivity index (χ0) is 28.3. The number of ether oxygens (including phenoxy) is 3. The van der Waals surface area contributed by atoms with E-state index < -0.39 is 41.6 Å². The molecule has 0 spiro atoms. The summed E-state index contributed by atoms with van der Waals surface area (Å²) in [4.78, 5) is 37.5. The second kappa shape index (κ2) is 11.3. The van der Waals surface area contributed by atoms with Crippen molar-refractivity contribution in [3.63, 3.8) is 0 Å². The molecule has 2 aromatic carbocycles. The van der Waals surface area contributed by atoms with Crippen molar-refractivity contribution in [3.8, 4) is 0 Å². The molecule has 10 nitrogen and oxygen atoms in total. The summed E-state index contributed by atoms with van der Waals surface area (Å²) in [6, 6.07) is 13.0. The number of hydrogen-bond donors (Lipinski definition) is 3. The molecule has 1 amide bonds. The lowest BCUT2D eigenvalue weighted by Gasteiger charge is -2.33. The average Bonchev–Trinajstić information content (AvgIpc) is 3.29. The predicted molar refractivity (Wildman–Crippen MR) is 137 cm³/mol. The predicted octanol–water partition coefficient (Wildman–Crippen LogP) is 4.45. The Bertz CT molecular complexity index is 1220. The highest BCUT2D eigenvalue weighted by molar-refractivity contribution is 6.30. The van der Waals surface area contributed by atoms with Crippen LogP contribution in [0, 0.1) is 0 Å². The molecular weight excluding hydrogens is 518 g/mol. The Hall–Kier alpha value is -3.76. The van der Waals surface area contributed by atoms with Crippen LogP contribution < -0.4 is 0 Å². The molecule has 3 rings (SSSR count). The molecule has 2 atom stereocenters. The van der Waals surface area contributed by atoms with Gasteiger partial charge in [0.2, 0.25) is 0 Å². The molecule has 0 saturated heterocycles. The van der Waals surface area contributed by atoms with Crippen molar-refractivity contribution in [1.82, 2.24) is 4.90 Å². The summed E-state index contributed by atoms with van der Waals surface area (Å²) < 4.78 is 15.6. The number of aliphatic hydroxyl groups is 1. The van der Waals surface area contributed by atoms with Gasteiger partial charge in [0.15, 0.2) is 5.76 Å². The zero-order valence-electron chi connectivity index (χ0n) is 21.4. The van der Waals surface area contributed by atoms with Gasteiger partial charge < -0.3 is 34.4 Å². The molecule has 0 bridgehead atoms. The van der Waals surface area contributed by atoms with Crippen LogP contribution in [0.5, 0.6) is 0 Å². The Kier molecular flexibility index (Phi) is 8.58. The lowest BCUT2D eigenvalue weighted by molar-refractivity contribution is -0.207. The van der Waals surface area contributed by atoms with Crippen LogP contribution in [0.4, 0.5) is 4.79 Å². The number of aliphatic hydroxyl groups excluding tert-OH is 1. The SMILES string of the molecule is CC(Cc1cccc(C2=COC(C(=O)O)(C(=O)O)O2)c1)N(CC(O)c1cccc(Cl)c1)C(=O)OC(C)(C)C. The Balaban J connectivity index is 1.81. The fraction of sp³-hybridized carbons (Fsp3) is 0.370. The number of hydrogen-bond acceptors (Lipinski definition) is 7. The fourth-order valence-electron chi connectivity index (χ4n) is 3.81. The van der Waals surface area contributed by atoms with E-state index in [2.05, 4.69) is 0 Å². The third-order valence-corrected chi connectivity index (χ3v) is 5.89. The number of carboxylic acids is 2. The molecular formula is C27H30ClNO9. The summed E-state index contributed by atoms with van der Waals surface area (Å²) >= 11 is 6.06. The smallest absolute Gasteiger partial charge is 0.452 e. The van der Waals surface area contributed by atoms with Crippen molar-refractivity contribution in [2.45, 2.75) is 57.6 Å². The van der Waals surface area contributed by atoms with E-state index in [0.717, 1.165) is 11.8 Å². The van der Waals surface area contributed by atoms with E-state index in [1.54, 1.807) is 76.2 Å². The van der Waals surface area contributed by atoms with Gasteiger partial charge in [-0.1, -0.05) is 41.9 Å². The van der Waals surface area contributed by atoms with Gasteiger partial charge in [-0.25, -0.2) is 14.4 Å². The molecule has 204 valence electrons. The zero-order valence-corrected chi connectivity index (χ0v) is 22.1. The van der Waals surface area contributed by atoms with Crippen LogP contribution in [-0.2, 0) is 30.2 Å². The Labute approximate surface area is 225 Å². The summed E-state index contributed by atoms with van der Waals surface area (Å²) in [5.74, 6) is -6.52. The maximum Gasteiger partial charge on any atom is 0.452 e. The number of halogens is 1. The summed E-state index contributed by atoms with van der Waals surface area (Å²) in [7, 11) is 0. The number of amides is 1. The van der Waals surface area contributed by atoms with Crippen molar-refractivity contribution in [3.05, 3.63) is 76.5 Å². The molecule has 0 radical (unpaired) electrons. The van der Waals surface area contributed by atoms with Gasteiger partial charge in [0.25, 0.3) is 0 Å². The van der Waals surface area contributed by atoms with Gasteiger partial charge in [-0.15, -0.1) is 0 Å². The van der Waals surface area contributed by atoms with Crippen molar-refractivity contribution in [2.24, 2.45) is 0 Å². The molecule has 1 aliphatic heterocycles. The van der Waals surface area contributed by atoms with Gasteiger partial charge in [-0.3, -0.25) is 0 Å². The molecule has 1 aliphatic rings. The Morgan fingerprint density at radius 1 is 1.08 bits per heavy atom. The van der Waals surface area contributed by atoms with Crippen molar-refractivity contribution in [2.75, 3.05) is 6.54 Å². The minimum absolute atomic E-state index is 0.0576. The second-order valence-corrected chi connectivity index (χ2v) is 10.3. The molecule has 11 heteroatoms. The summed E-state index contributed by atoms with van der Waals surface area (Å²) in [5, 5.41) is 29.9. The summed E-state index contributed by atoms with van der Waals surface area (Å²) in [5.41, 5.74) is 0.907. The molecule has 0 aliphatic carbocycles. The van der Waals surface area contributed by atoms with E-state index >= 15 is 0 Å².